The van der Waals surface area contributed by atoms with E-state index in [1.54, 1.807) is 24.5 Å². The minimum atomic E-state index is -4.72. The first kappa shape index (κ1) is 16.4. The van der Waals surface area contributed by atoms with Gasteiger partial charge >= 0.3 is 6.36 Å². The summed E-state index contributed by atoms with van der Waals surface area (Å²) in [4.78, 5) is 11.8. The van der Waals surface area contributed by atoms with Crippen LogP contribution in [0, 0.1) is 13.8 Å². The zero-order chi connectivity index (χ0) is 16.5. The van der Waals surface area contributed by atoms with Gasteiger partial charge < -0.3 is 9.30 Å². The topological polar surface area (TPSA) is 31.2 Å². The summed E-state index contributed by atoms with van der Waals surface area (Å²) in [6.07, 6.45) is -4.72. The second-order valence-electron chi connectivity index (χ2n) is 4.72. The lowest BCUT2D eigenvalue weighted by Crippen LogP contribution is -2.17. The molecular weight excluding hydrogens is 319 g/mol. The van der Waals surface area contributed by atoms with Gasteiger partial charge in [0.15, 0.2) is 5.78 Å². The van der Waals surface area contributed by atoms with E-state index >= 15 is 0 Å². The maximum atomic E-state index is 12.1. The molecule has 0 aliphatic carbocycles. The Hall–Kier alpha value is -1.95. The van der Waals surface area contributed by atoms with Crippen molar-refractivity contribution in [1.29, 1.82) is 0 Å². The van der Waals surface area contributed by atoms with Crippen LogP contribution in [-0.2, 0) is 0 Å². The molecule has 0 saturated carbocycles. The Morgan fingerprint density at radius 1 is 1.23 bits per heavy atom. The van der Waals surface area contributed by atoms with Crippen LogP contribution in [0.5, 0.6) is 5.75 Å². The summed E-state index contributed by atoms with van der Waals surface area (Å²) in [6.45, 7) is 3.56. The second-order valence-corrected chi connectivity index (χ2v) is 4.99. The maximum absolute atomic E-state index is 12.1. The Morgan fingerprint density at radius 3 is 2.32 bits per heavy atom. The molecule has 0 unspecified atom stereocenters. The average Bonchev–Trinajstić information content (AvgIpc) is 2.73. The van der Waals surface area contributed by atoms with Gasteiger partial charge in [-0.2, -0.15) is 0 Å². The van der Waals surface area contributed by atoms with Gasteiger partial charge in [-0.05, 0) is 44.2 Å². The molecule has 1 aromatic carbocycles. The maximum Gasteiger partial charge on any atom is 0.573 e. The summed E-state index contributed by atoms with van der Waals surface area (Å²) in [5.74, 6) is -0.614. The largest absolute Gasteiger partial charge is 0.573 e. The molecule has 0 atom stereocenters. The number of nitrogens with zero attached hydrogens (tertiary/aromatic N) is 1. The Morgan fingerprint density at radius 2 is 1.82 bits per heavy atom. The molecule has 0 fully saturated rings. The SMILES string of the molecule is Cc1cc(C(=O)CCl)c(C)n1-c1ccc(OC(F)(F)F)cc1. The zero-order valence-electron chi connectivity index (χ0n) is 11.9. The molecule has 1 heterocycles. The summed E-state index contributed by atoms with van der Waals surface area (Å²) < 4.78 is 42.0. The normalized spacial score (nSPS) is 11.5. The summed E-state index contributed by atoms with van der Waals surface area (Å²) in [7, 11) is 0. The van der Waals surface area contributed by atoms with Gasteiger partial charge in [0.1, 0.15) is 5.75 Å². The third-order valence-corrected chi connectivity index (χ3v) is 3.42. The molecule has 22 heavy (non-hydrogen) atoms. The standard InChI is InChI=1S/C15H13ClF3NO2/c1-9-7-13(14(21)8-16)10(2)20(9)11-3-5-12(6-4-11)22-15(17,18)19/h3-7H,8H2,1-2H3. The number of rotatable bonds is 4. The molecule has 0 spiro atoms. The van der Waals surface area contributed by atoms with Gasteiger partial charge in [0.2, 0.25) is 0 Å². The fourth-order valence-electron chi connectivity index (χ4n) is 2.31. The number of ether oxygens (including phenoxy) is 1. The highest BCUT2D eigenvalue weighted by Crippen LogP contribution is 2.26. The van der Waals surface area contributed by atoms with E-state index < -0.39 is 6.36 Å². The number of carbonyl (C=O) groups excluding carboxylic acids is 1. The van der Waals surface area contributed by atoms with Gasteiger partial charge in [-0.15, -0.1) is 24.8 Å². The molecule has 3 nitrogen and oxygen atoms in total. The molecule has 0 amide bonds. The smallest absolute Gasteiger partial charge is 0.406 e. The molecule has 2 aromatic rings. The Labute approximate surface area is 130 Å². The average molecular weight is 332 g/mol. The number of benzene rings is 1. The van der Waals surface area contributed by atoms with Gasteiger partial charge in [-0.1, -0.05) is 0 Å². The zero-order valence-corrected chi connectivity index (χ0v) is 12.6. The molecule has 7 heteroatoms. The highest BCUT2D eigenvalue weighted by molar-refractivity contribution is 6.30. The molecule has 2 rings (SSSR count). The van der Waals surface area contributed by atoms with Gasteiger partial charge in [0, 0.05) is 22.6 Å². The fraction of sp³-hybridized carbons (Fsp3) is 0.267. The van der Waals surface area contributed by atoms with E-state index in [9.17, 15) is 18.0 Å². The number of aryl methyl sites for hydroxylation is 1. The van der Waals surface area contributed by atoms with Crippen LogP contribution in [0.3, 0.4) is 0 Å². The molecule has 0 saturated heterocycles. The van der Waals surface area contributed by atoms with Crippen LogP contribution in [0.4, 0.5) is 13.2 Å². The van der Waals surface area contributed by atoms with Crippen LogP contribution >= 0.6 is 11.6 Å². The van der Waals surface area contributed by atoms with Crippen molar-refractivity contribution in [1.82, 2.24) is 4.57 Å². The predicted molar refractivity (Wildman–Crippen MR) is 77.0 cm³/mol. The van der Waals surface area contributed by atoms with Gasteiger partial charge in [-0.25, -0.2) is 0 Å². The predicted octanol–water partition coefficient (Wildman–Crippen LogP) is 4.41. The Balaban J connectivity index is 2.37. The second kappa shape index (κ2) is 6.04. The lowest BCUT2D eigenvalue weighted by atomic mass is 10.2. The lowest BCUT2D eigenvalue weighted by molar-refractivity contribution is -0.274. The first-order valence-corrected chi connectivity index (χ1v) is 6.90. The van der Waals surface area contributed by atoms with E-state index in [0.717, 1.165) is 5.69 Å². The highest BCUT2D eigenvalue weighted by atomic mass is 35.5. The summed E-state index contributed by atoms with van der Waals surface area (Å²) in [5.41, 5.74) is 2.62. The minimum absolute atomic E-state index is 0.122. The first-order valence-electron chi connectivity index (χ1n) is 6.37. The number of hydrogen-bond donors (Lipinski definition) is 0. The monoisotopic (exact) mass is 331 g/mol. The first-order chi connectivity index (χ1) is 10.2. The number of halogens is 4. The third kappa shape index (κ3) is 3.44. The van der Waals surface area contributed by atoms with E-state index in [2.05, 4.69) is 4.74 Å². The number of Topliss-reactive ketones (excluding diaryl/α,β-unsaturated/α-hetero) is 1. The van der Waals surface area contributed by atoms with Gasteiger partial charge in [0.05, 0.1) is 5.88 Å². The van der Waals surface area contributed by atoms with Crippen LogP contribution in [0.15, 0.2) is 30.3 Å². The fourth-order valence-corrected chi connectivity index (χ4v) is 2.46. The Bertz CT molecular complexity index is 690. The van der Waals surface area contributed by atoms with Crippen molar-refractivity contribution in [3.63, 3.8) is 0 Å². The number of ketones is 1. The van der Waals surface area contributed by atoms with E-state index in [1.165, 1.54) is 24.3 Å². The van der Waals surface area contributed by atoms with Crippen LogP contribution in [0.25, 0.3) is 5.69 Å². The molecule has 0 bridgehead atoms. The molecule has 0 N–H and O–H groups in total. The Kier molecular flexibility index (Phi) is 4.51. The van der Waals surface area contributed by atoms with E-state index in [0.29, 0.717) is 16.9 Å². The van der Waals surface area contributed by atoms with Crippen LogP contribution in [0.1, 0.15) is 21.7 Å². The summed E-state index contributed by atoms with van der Waals surface area (Å²) in [5, 5.41) is 0. The van der Waals surface area contributed by atoms with Crippen molar-refractivity contribution >= 4 is 17.4 Å². The highest BCUT2D eigenvalue weighted by Gasteiger charge is 2.31. The summed E-state index contributed by atoms with van der Waals surface area (Å²) >= 11 is 5.57. The van der Waals surface area contributed by atoms with Crippen molar-refractivity contribution in [2.24, 2.45) is 0 Å². The minimum Gasteiger partial charge on any atom is -0.406 e. The van der Waals surface area contributed by atoms with Crippen molar-refractivity contribution in [2.75, 3.05) is 5.88 Å². The van der Waals surface area contributed by atoms with Crippen molar-refractivity contribution in [2.45, 2.75) is 20.2 Å². The third-order valence-electron chi connectivity index (χ3n) is 3.18. The number of carbonyl (C=O) groups is 1. The van der Waals surface area contributed by atoms with Crippen LogP contribution in [0.2, 0.25) is 0 Å². The quantitative estimate of drug-likeness (QED) is 0.613. The van der Waals surface area contributed by atoms with Crippen LogP contribution in [-0.4, -0.2) is 22.6 Å². The lowest BCUT2D eigenvalue weighted by Gasteiger charge is -2.12. The van der Waals surface area contributed by atoms with E-state index in [1.807, 2.05) is 0 Å². The van der Waals surface area contributed by atoms with Crippen molar-refractivity contribution in [3.05, 3.63) is 47.3 Å². The molecule has 0 radical (unpaired) electrons. The molecular formula is C15H13ClF3NO2. The number of aromatic nitrogens is 1. The molecule has 1 aromatic heterocycles. The van der Waals surface area contributed by atoms with Crippen molar-refractivity contribution in [3.8, 4) is 11.4 Å². The molecule has 118 valence electrons. The van der Waals surface area contributed by atoms with E-state index in [4.69, 9.17) is 11.6 Å². The summed E-state index contributed by atoms with van der Waals surface area (Å²) in [6, 6.07) is 7.15. The number of alkyl halides is 4. The molecule has 0 aliphatic rings. The van der Waals surface area contributed by atoms with Crippen LogP contribution < -0.4 is 4.74 Å². The van der Waals surface area contributed by atoms with Gasteiger partial charge in [-0.3, -0.25) is 4.79 Å². The van der Waals surface area contributed by atoms with E-state index in [-0.39, 0.29) is 17.4 Å². The molecule has 0 aliphatic heterocycles. The van der Waals surface area contributed by atoms with Crippen molar-refractivity contribution < 1.29 is 22.7 Å². The van der Waals surface area contributed by atoms with Gasteiger partial charge in [0.25, 0.3) is 0 Å². The number of hydrogen-bond acceptors (Lipinski definition) is 2.